The Morgan fingerprint density at radius 2 is 1.73 bits per heavy atom. The Morgan fingerprint density at radius 3 is 2.23 bits per heavy atom. The predicted octanol–water partition coefficient (Wildman–Crippen LogP) is 5.11. The number of rotatable bonds is 11. The van der Waals surface area contributed by atoms with Gasteiger partial charge in [0.05, 0.1) is 18.6 Å². The lowest BCUT2D eigenvalue weighted by Crippen LogP contribution is -2.58. The van der Waals surface area contributed by atoms with Gasteiger partial charge in [-0.3, -0.25) is 9.69 Å². The summed E-state index contributed by atoms with van der Waals surface area (Å²) in [5.41, 5.74) is 7.48. The molecule has 0 saturated carbocycles. The van der Waals surface area contributed by atoms with E-state index in [2.05, 4.69) is 65.8 Å². The number of aliphatic hydroxyl groups excluding tert-OH is 1. The predicted molar refractivity (Wildman–Crippen MR) is 170 cm³/mol. The van der Waals surface area contributed by atoms with Crippen LogP contribution in [0.3, 0.4) is 0 Å². The number of carbonyl (C=O) groups excluding carboxylic acids is 1. The van der Waals surface area contributed by atoms with Gasteiger partial charge in [0.2, 0.25) is 5.91 Å². The van der Waals surface area contributed by atoms with Crippen LogP contribution in [0.2, 0.25) is 0 Å². The topological polar surface area (TPSA) is 94.3 Å². The summed E-state index contributed by atoms with van der Waals surface area (Å²) in [5, 5.41) is 12.1. The lowest BCUT2D eigenvalue weighted by molar-refractivity contribution is -0.118. The Hall–Kier alpha value is -2.97. The molecular weight excluding hydrogens is 502 g/mol. The third kappa shape index (κ3) is 16.9. The fourth-order valence-electron chi connectivity index (χ4n) is 4.62. The number of piperazine rings is 1. The zero-order valence-corrected chi connectivity index (χ0v) is 26.1. The van der Waals surface area contributed by atoms with Crippen LogP contribution in [0.15, 0.2) is 73.0 Å². The molecule has 8 nitrogen and oxygen atoms in total. The number of aliphatic hydroxyl groups is 1. The average Bonchev–Trinajstić information content (AvgIpc) is 2.92. The van der Waals surface area contributed by atoms with Gasteiger partial charge in [-0.25, -0.2) is 0 Å². The number of amides is 1. The highest BCUT2D eigenvalue weighted by Crippen LogP contribution is 2.25. The first-order valence-electron chi connectivity index (χ1n) is 14.4. The Morgan fingerprint density at radius 1 is 1.12 bits per heavy atom. The minimum atomic E-state index is 0.00463. The van der Waals surface area contributed by atoms with E-state index in [1.54, 1.807) is 20.2 Å². The summed E-state index contributed by atoms with van der Waals surface area (Å²) in [4.78, 5) is 17.2. The van der Waals surface area contributed by atoms with E-state index in [4.69, 9.17) is 10.5 Å². The van der Waals surface area contributed by atoms with Crippen LogP contribution in [0.5, 0.6) is 0 Å². The molecule has 0 bridgehead atoms. The monoisotopic (exact) mass is 559 g/mol. The summed E-state index contributed by atoms with van der Waals surface area (Å²) in [5.74, 6) is 0.0984. The van der Waals surface area contributed by atoms with Crippen molar-refractivity contribution in [3.63, 3.8) is 0 Å². The van der Waals surface area contributed by atoms with Gasteiger partial charge < -0.3 is 30.7 Å². The van der Waals surface area contributed by atoms with Gasteiger partial charge in [0, 0.05) is 52.2 Å². The highest BCUT2D eigenvalue weighted by atomic mass is 16.5. The molecule has 0 spiro atoms. The van der Waals surface area contributed by atoms with Crippen LogP contribution in [-0.4, -0.2) is 90.7 Å². The van der Waals surface area contributed by atoms with Gasteiger partial charge in [-0.05, 0) is 71.3 Å². The van der Waals surface area contributed by atoms with Gasteiger partial charge in [0.25, 0.3) is 0 Å². The largest absolute Gasteiger partial charge is 0.506 e. The molecule has 0 aromatic heterocycles. The maximum Gasteiger partial charge on any atom is 0.216 e. The molecule has 0 aromatic rings. The van der Waals surface area contributed by atoms with Crippen LogP contribution in [-0.2, 0) is 9.53 Å². The average molecular weight is 560 g/mol. The molecule has 2 rings (SSSR count). The SMILES string of the molecule is C=C(C)N.C=C(O)C(=C)N1CCN(C2CCN(CCCO/C=C/C=C(C)\C=C/C)CC2)C(CC)C1.CNC(C)=O. The van der Waals surface area contributed by atoms with Crippen molar-refractivity contribution in [1.82, 2.24) is 20.0 Å². The first-order valence-corrected chi connectivity index (χ1v) is 14.4. The van der Waals surface area contributed by atoms with E-state index in [1.807, 2.05) is 19.1 Å². The molecule has 1 amide bonds. The molecule has 2 aliphatic heterocycles. The summed E-state index contributed by atoms with van der Waals surface area (Å²) in [6.07, 6.45) is 14.6. The van der Waals surface area contributed by atoms with Crippen LogP contribution < -0.4 is 11.1 Å². The molecule has 0 radical (unpaired) electrons. The zero-order valence-electron chi connectivity index (χ0n) is 26.1. The molecule has 2 heterocycles. The van der Waals surface area contributed by atoms with Crippen molar-refractivity contribution < 1.29 is 14.6 Å². The first kappa shape index (κ1) is 37.0. The smallest absolute Gasteiger partial charge is 0.216 e. The maximum atomic E-state index is 9.70. The van der Waals surface area contributed by atoms with Gasteiger partial charge >= 0.3 is 0 Å². The second kappa shape index (κ2) is 21.8. The molecule has 0 aromatic carbocycles. The van der Waals surface area contributed by atoms with E-state index < -0.39 is 0 Å². The Labute approximate surface area is 244 Å². The van der Waals surface area contributed by atoms with Crippen molar-refractivity contribution in [2.75, 3.05) is 52.9 Å². The second-order valence-electron chi connectivity index (χ2n) is 10.3. The van der Waals surface area contributed by atoms with Crippen LogP contribution in [0.4, 0.5) is 0 Å². The quantitative estimate of drug-likeness (QED) is 0.184. The van der Waals surface area contributed by atoms with Crippen molar-refractivity contribution in [1.29, 1.82) is 0 Å². The summed E-state index contributed by atoms with van der Waals surface area (Å²) >= 11 is 0. The van der Waals surface area contributed by atoms with Crippen LogP contribution in [0.1, 0.15) is 60.3 Å². The van der Waals surface area contributed by atoms with Crippen LogP contribution in [0.25, 0.3) is 0 Å². The number of nitrogens with two attached hydrogens (primary N) is 1. The lowest BCUT2D eigenvalue weighted by Gasteiger charge is -2.48. The summed E-state index contributed by atoms with van der Waals surface area (Å²) in [6, 6.07) is 1.19. The van der Waals surface area contributed by atoms with Gasteiger partial charge in [-0.15, -0.1) is 0 Å². The van der Waals surface area contributed by atoms with Gasteiger partial charge in [0.15, 0.2) is 0 Å². The minimum Gasteiger partial charge on any atom is -0.506 e. The van der Waals surface area contributed by atoms with Gasteiger partial charge in [0.1, 0.15) is 5.76 Å². The number of ether oxygens (including phenoxy) is 1. The Kier molecular flexibility index (Phi) is 20.2. The molecule has 40 heavy (non-hydrogen) atoms. The molecule has 0 aliphatic carbocycles. The van der Waals surface area contributed by atoms with Crippen LogP contribution in [0, 0.1) is 0 Å². The molecule has 2 fully saturated rings. The molecule has 2 saturated heterocycles. The second-order valence-corrected chi connectivity index (χ2v) is 10.3. The first-order chi connectivity index (χ1) is 19.0. The maximum absolute atomic E-state index is 9.70. The van der Waals surface area contributed by atoms with E-state index in [-0.39, 0.29) is 11.7 Å². The fraction of sp³-hybridized carbons (Fsp3) is 0.594. The molecule has 228 valence electrons. The molecule has 8 heteroatoms. The van der Waals surface area contributed by atoms with Crippen molar-refractivity contribution in [2.24, 2.45) is 5.73 Å². The summed E-state index contributed by atoms with van der Waals surface area (Å²) in [7, 11) is 1.60. The number of hydrogen-bond acceptors (Lipinski definition) is 7. The van der Waals surface area contributed by atoms with Crippen LogP contribution >= 0.6 is 0 Å². The van der Waals surface area contributed by atoms with E-state index in [0.717, 1.165) is 45.6 Å². The molecule has 4 N–H and O–H groups in total. The van der Waals surface area contributed by atoms with Crippen molar-refractivity contribution >= 4 is 5.91 Å². The number of hydrogen-bond donors (Lipinski definition) is 3. The normalized spacial score (nSPS) is 18.9. The van der Waals surface area contributed by atoms with Gasteiger partial charge in [-0.2, -0.15) is 0 Å². The molecule has 1 atom stereocenters. The van der Waals surface area contributed by atoms with E-state index in [1.165, 1.54) is 38.4 Å². The Balaban J connectivity index is 0.00000146. The van der Waals surface area contributed by atoms with E-state index in [0.29, 0.717) is 23.5 Å². The fourth-order valence-corrected chi connectivity index (χ4v) is 4.62. The Bertz CT molecular complexity index is 853. The summed E-state index contributed by atoms with van der Waals surface area (Å²) < 4.78 is 5.62. The molecule has 2 aliphatic rings. The van der Waals surface area contributed by atoms with E-state index in [9.17, 15) is 9.90 Å². The van der Waals surface area contributed by atoms with Gasteiger partial charge in [-0.1, -0.05) is 50.5 Å². The number of allylic oxidation sites excluding steroid dienone is 6. The zero-order chi connectivity index (χ0) is 30.5. The number of carbonyl (C=O) groups is 1. The third-order valence-corrected chi connectivity index (χ3v) is 6.79. The number of piperidine rings is 1. The lowest BCUT2D eigenvalue weighted by atomic mass is 9.98. The molecular formula is C32H57N5O3. The third-order valence-electron chi connectivity index (χ3n) is 6.79. The number of likely N-dealkylation sites (tertiary alicyclic amines) is 1. The number of nitrogens with zero attached hydrogens (tertiary/aromatic N) is 3. The minimum absolute atomic E-state index is 0.00463. The number of nitrogens with one attached hydrogen (secondary N) is 1. The highest BCUT2D eigenvalue weighted by Gasteiger charge is 2.33. The van der Waals surface area contributed by atoms with Crippen molar-refractivity contribution in [2.45, 2.75) is 72.4 Å². The van der Waals surface area contributed by atoms with Crippen molar-refractivity contribution in [3.05, 3.63) is 73.0 Å². The van der Waals surface area contributed by atoms with E-state index >= 15 is 0 Å². The summed E-state index contributed by atoms with van der Waals surface area (Å²) in [6.45, 7) is 27.7. The molecule has 1 unspecified atom stereocenters. The standard InChI is InChI=1S/C26H43N3O2.C3H7NO.C3H7N/c1-6-10-22(3)11-8-19-31-20-9-14-27-15-12-26(13-16-27)29-18-17-28(21-25(29)7-2)23(4)24(5)30;1-3(5)4-2;1-3(2)4/h6,8,10-11,19,25-26,30H,4-5,7,9,12-18,20-21H2,1-3H3;1-2H3,(H,4,5);1,4H2,2H3/b10-6-,19-8+,22-11-;;. The van der Waals surface area contributed by atoms with Crippen molar-refractivity contribution in [3.8, 4) is 0 Å². The highest BCUT2D eigenvalue weighted by molar-refractivity contribution is 5.72.